The summed E-state index contributed by atoms with van der Waals surface area (Å²) in [6.45, 7) is -0.0439. The van der Waals surface area contributed by atoms with Gasteiger partial charge in [-0.15, -0.1) is 0 Å². The quantitative estimate of drug-likeness (QED) is 0.391. The Morgan fingerprint density at radius 3 is 2.36 bits per heavy atom. The predicted molar refractivity (Wildman–Crippen MR) is 77.7 cm³/mol. The van der Waals surface area contributed by atoms with Gasteiger partial charge < -0.3 is 25.1 Å². The lowest BCUT2D eigenvalue weighted by atomic mass is 9.91. The van der Waals surface area contributed by atoms with E-state index in [1.54, 1.807) is 24.3 Å². The molecule has 1 aromatic carbocycles. The molecular formula is C15H21NO6. The van der Waals surface area contributed by atoms with E-state index in [9.17, 15) is 14.7 Å². The van der Waals surface area contributed by atoms with Crippen LogP contribution in [0.4, 0.5) is 0 Å². The molecule has 0 radical (unpaired) electrons. The van der Waals surface area contributed by atoms with E-state index in [0.29, 0.717) is 0 Å². The molecule has 3 unspecified atom stereocenters. The van der Waals surface area contributed by atoms with Crippen molar-refractivity contribution in [1.29, 1.82) is 0 Å². The van der Waals surface area contributed by atoms with Gasteiger partial charge in [0, 0.05) is 20.1 Å². The highest BCUT2D eigenvalue weighted by molar-refractivity contribution is 5.94. The second kappa shape index (κ2) is 9.14. The van der Waals surface area contributed by atoms with E-state index in [4.69, 9.17) is 19.9 Å². The van der Waals surface area contributed by atoms with E-state index in [2.05, 4.69) is 0 Å². The Hall–Kier alpha value is -1.96. The van der Waals surface area contributed by atoms with Crippen LogP contribution < -0.4 is 5.73 Å². The van der Waals surface area contributed by atoms with Crippen LogP contribution >= 0.6 is 0 Å². The average Bonchev–Trinajstić information content (AvgIpc) is 2.52. The maximum Gasteiger partial charge on any atom is 0.321 e. The van der Waals surface area contributed by atoms with Crippen LogP contribution in [0, 0.1) is 11.8 Å². The Morgan fingerprint density at radius 2 is 1.86 bits per heavy atom. The lowest BCUT2D eigenvalue weighted by Crippen LogP contribution is -2.45. The lowest BCUT2D eigenvalue weighted by molar-refractivity contribution is -0.167. The Balaban J connectivity index is 2.79. The van der Waals surface area contributed by atoms with Crippen molar-refractivity contribution in [2.75, 3.05) is 20.8 Å². The van der Waals surface area contributed by atoms with Gasteiger partial charge in [0.25, 0.3) is 0 Å². The van der Waals surface area contributed by atoms with Gasteiger partial charge in [-0.05, 0) is 5.56 Å². The van der Waals surface area contributed by atoms with E-state index < -0.39 is 30.0 Å². The van der Waals surface area contributed by atoms with Crippen LogP contribution in [0.2, 0.25) is 0 Å². The SMILES string of the molecule is COCC(C(N)OC)C(C(=O)O)C(=O)OCc1ccccc1. The van der Waals surface area contributed by atoms with Crippen LogP contribution in [0.25, 0.3) is 0 Å². The van der Waals surface area contributed by atoms with Crippen LogP contribution in [0.1, 0.15) is 5.56 Å². The Labute approximate surface area is 129 Å². The fourth-order valence-corrected chi connectivity index (χ4v) is 2.03. The van der Waals surface area contributed by atoms with Gasteiger partial charge in [0.15, 0.2) is 5.92 Å². The number of carboxylic acids is 1. The standard InChI is InChI=1S/C15H21NO6/c1-20-9-11(13(16)21-2)12(14(17)18)15(19)22-8-10-6-4-3-5-7-10/h3-7,11-13H,8-9,16H2,1-2H3,(H,17,18). The molecule has 0 aliphatic rings. The molecule has 0 heterocycles. The van der Waals surface area contributed by atoms with Crippen molar-refractivity contribution in [1.82, 2.24) is 0 Å². The molecule has 0 bridgehead atoms. The second-order valence-corrected chi connectivity index (χ2v) is 4.73. The van der Waals surface area contributed by atoms with Crippen molar-refractivity contribution in [2.24, 2.45) is 17.6 Å². The molecule has 3 atom stereocenters. The number of hydrogen-bond acceptors (Lipinski definition) is 6. The average molecular weight is 311 g/mol. The van der Waals surface area contributed by atoms with Gasteiger partial charge in [0.2, 0.25) is 0 Å². The molecule has 22 heavy (non-hydrogen) atoms. The molecule has 0 amide bonds. The van der Waals surface area contributed by atoms with Gasteiger partial charge in [0.1, 0.15) is 12.8 Å². The summed E-state index contributed by atoms with van der Waals surface area (Å²) in [6.07, 6.45) is -0.953. The number of benzene rings is 1. The fraction of sp³-hybridized carbons (Fsp3) is 0.467. The number of esters is 1. The smallest absolute Gasteiger partial charge is 0.321 e. The number of carboxylic acid groups (broad SMARTS) is 1. The van der Waals surface area contributed by atoms with Gasteiger partial charge in [-0.25, -0.2) is 0 Å². The zero-order valence-electron chi connectivity index (χ0n) is 12.6. The van der Waals surface area contributed by atoms with Crippen molar-refractivity contribution in [2.45, 2.75) is 12.8 Å². The minimum atomic E-state index is -1.46. The highest BCUT2D eigenvalue weighted by atomic mass is 16.5. The molecule has 7 nitrogen and oxygen atoms in total. The van der Waals surface area contributed by atoms with Crippen LogP contribution in [0.3, 0.4) is 0 Å². The number of hydrogen-bond donors (Lipinski definition) is 2. The molecule has 1 rings (SSSR count). The highest BCUT2D eigenvalue weighted by Gasteiger charge is 2.40. The molecule has 122 valence electrons. The Kier molecular flexibility index (Phi) is 7.51. The third kappa shape index (κ3) is 5.10. The van der Waals surface area contributed by atoms with Crippen molar-refractivity contribution in [3.63, 3.8) is 0 Å². The first-order valence-corrected chi connectivity index (χ1v) is 6.72. The molecule has 1 aromatic rings. The van der Waals surface area contributed by atoms with E-state index in [1.165, 1.54) is 14.2 Å². The number of rotatable bonds is 9. The van der Waals surface area contributed by atoms with Gasteiger partial charge in [-0.3, -0.25) is 9.59 Å². The monoisotopic (exact) mass is 311 g/mol. The Morgan fingerprint density at radius 1 is 1.23 bits per heavy atom. The van der Waals surface area contributed by atoms with E-state index in [0.717, 1.165) is 5.56 Å². The molecule has 7 heteroatoms. The third-order valence-corrected chi connectivity index (χ3v) is 3.23. The minimum absolute atomic E-state index is 0.00856. The summed E-state index contributed by atoms with van der Waals surface area (Å²) in [6, 6.07) is 8.98. The summed E-state index contributed by atoms with van der Waals surface area (Å²) in [5, 5.41) is 9.31. The first-order chi connectivity index (χ1) is 10.5. The van der Waals surface area contributed by atoms with Crippen molar-refractivity contribution in [3.8, 4) is 0 Å². The molecule has 0 saturated heterocycles. The Bertz CT molecular complexity index is 478. The third-order valence-electron chi connectivity index (χ3n) is 3.23. The number of carbonyl (C=O) groups is 2. The van der Waals surface area contributed by atoms with E-state index in [-0.39, 0.29) is 13.2 Å². The topological polar surface area (TPSA) is 108 Å². The summed E-state index contributed by atoms with van der Waals surface area (Å²) in [7, 11) is 2.73. The summed E-state index contributed by atoms with van der Waals surface area (Å²) >= 11 is 0. The summed E-state index contributed by atoms with van der Waals surface area (Å²) in [5.74, 6) is -4.51. The van der Waals surface area contributed by atoms with Crippen LogP contribution in [-0.2, 0) is 30.4 Å². The van der Waals surface area contributed by atoms with Crippen LogP contribution in [0.15, 0.2) is 30.3 Å². The van der Waals surface area contributed by atoms with Crippen molar-refractivity contribution >= 4 is 11.9 Å². The molecule has 0 aromatic heterocycles. The molecule has 3 N–H and O–H groups in total. The maximum absolute atomic E-state index is 12.1. The summed E-state index contributed by atoms with van der Waals surface area (Å²) in [5.41, 5.74) is 6.48. The first kappa shape index (κ1) is 18.1. The normalized spacial score (nSPS) is 14.9. The van der Waals surface area contributed by atoms with Crippen molar-refractivity contribution in [3.05, 3.63) is 35.9 Å². The molecule has 0 aliphatic carbocycles. The van der Waals surface area contributed by atoms with Gasteiger partial charge in [0.05, 0.1) is 6.61 Å². The maximum atomic E-state index is 12.1. The van der Waals surface area contributed by atoms with Gasteiger partial charge >= 0.3 is 11.9 Å². The van der Waals surface area contributed by atoms with E-state index >= 15 is 0 Å². The number of nitrogens with two attached hydrogens (primary N) is 1. The molecule has 0 fully saturated rings. The van der Waals surface area contributed by atoms with Crippen LogP contribution in [-0.4, -0.2) is 44.1 Å². The van der Waals surface area contributed by atoms with Gasteiger partial charge in [-0.1, -0.05) is 30.3 Å². The fourth-order valence-electron chi connectivity index (χ4n) is 2.03. The highest BCUT2D eigenvalue weighted by Crippen LogP contribution is 2.19. The van der Waals surface area contributed by atoms with E-state index in [1.807, 2.05) is 6.07 Å². The number of carbonyl (C=O) groups excluding carboxylic acids is 1. The number of ether oxygens (including phenoxy) is 3. The zero-order valence-corrected chi connectivity index (χ0v) is 12.6. The minimum Gasteiger partial charge on any atom is -0.481 e. The largest absolute Gasteiger partial charge is 0.481 e. The number of methoxy groups -OCH3 is 2. The van der Waals surface area contributed by atoms with Crippen molar-refractivity contribution < 1.29 is 28.9 Å². The molecular weight excluding hydrogens is 290 g/mol. The summed E-state index contributed by atoms with van der Waals surface area (Å²) in [4.78, 5) is 23.5. The predicted octanol–water partition coefficient (Wildman–Crippen LogP) is 0.624. The summed E-state index contributed by atoms with van der Waals surface area (Å²) < 4.78 is 15.0. The first-order valence-electron chi connectivity index (χ1n) is 6.72. The lowest BCUT2D eigenvalue weighted by Gasteiger charge is -2.26. The number of aliphatic carboxylic acids is 1. The molecule has 0 aliphatic heterocycles. The molecule has 0 saturated carbocycles. The van der Waals surface area contributed by atoms with Gasteiger partial charge in [-0.2, -0.15) is 0 Å². The second-order valence-electron chi connectivity index (χ2n) is 4.73. The zero-order chi connectivity index (χ0) is 16.5. The molecule has 0 spiro atoms. The van der Waals surface area contributed by atoms with Crippen LogP contribution in [0.5, 0.6) is 0 Å².